The average molecular weight is 495 g/mol. The molecular formula is C24H19ClN4O4S. The molecule has 0 unspecified atom stereocenters. The molecule has 0 aliphatic rings. The van der Waals surface area contributed by atoms with Gasteiger partial charge >= 0.3 is 0 Å². The van der Waals surface area contributed by atoms with Gasteiger partial charge in [0.1, 0.15) is 0 Å². The highest BCUT2D eigenvalue weighted by molar-refractivity contribution is 7.92. The van der Waals surface area contributed by atoms with Gasteiger partial charge in [-0.25, -0.2) is 8.42 Å². The normalized spacial score (nSPS) is 11.0. The zero-order valence-electron chi connectivity index (χ0n) is 17.6. The maximum Gasteiger partial charge on any atom is 0.269 e. The summed E-state index contributed by atoms with van der Waals surface area (Å²) in [6, 6.07) is 22.4. The Kier molecular flexibility index (Phi) is 6.67. The molecule has 3 aromatic carbocycles. The van der Waals surface area contributed by atoms with Crippen molar-refractivity contribution in [3.8, 4) is 5.69 Å². The monoisotopic (exact) mass is 494 g/mol. The molecule has 0 aliphatic heterocycles. The number of rotatable bonds is 6. The summed E-state index contributed by atoms with van der Waals surface area (Å²) in [6.45, 7) is 0. The molecule has 0 bridgehead atoms. The van der Waals surface area contributed by atoms with Crippen molar-refractivity contribution in [3.05, 3.63) is 113 Å². The van der Waals surface area contributed by atoms with E-state index in [9.17, 15) is 18.0 Å². The molecule has 0 radical (unpaired) electrons. The number of carbonyl (C=O) groups excluding carboxylic acids is 2. The minimum Gasteiger partial charge on any atom is -0.324 e. The van der Waals surface area contributed by atoms with Crippen LogP contribution < -0.4 is 15.6 Å². The van der Waals surface area contributed by atoms with Crippen LogP contribution in [0.25, 0.3) is 5.69 Å². The van der Waals surface area contributed by atoms with Crippen molar-refractivity contribution in [2.75, 3.05) is 4.72 Å². The number of halogens is 1. The van der Waals surface area contributed by atoms with Gasteiger partial charge < -0.3 is 4.57 Å². The number of aromatic nitrogens is 1. The first-order valence-corrected chi connectivity index (χ1v) is 11.9. The van der Waals surface area contributed by atoms with Crippen molar-refractivity contribution in [1.29, 1.82) is 0 Å². The molecule has 1 aromatic heterocycles. The zero-order valence-corrected chi connectivity index (χ0v) is 19.2. The molecule has 4 rings (SSSR count). The topological polar surface area (TPSA) is 109 Å². The number of sulfonamides is 1. The number of hydrogen-bond acceptors (Lipinski definition) is 4. The van der Waals surface area contributed by atoms with Crippen LogP contribution in [0.4, 0.5) is 5.69 Å². The summed E-state index contributed by atoms with van der Waals surface area (Å²) >= 11 is 6.02. The molecule has 172 valence electrons. The summed E-state index contributed by atoms with van der Waals surface area (Å²) < 4.78 is 29.7. The fraction of sp³-hybridized carbons (Fsp3) is 0. The lowest BCUT2D eigenvalue weighted by atomic mass is 10.2. The van der Waals surface area contributed by atoms with Crippen molar-refractivity contribution < 1.29 is 18.0 Å². The van der Waals surface area contributed by atoms with Crippen LogP contribution in [0, 0.1) is 0 Å². The molecule has 0 spiro atoms. The van der Waals surface area contributed by atoms with Gasteiger partial charge in [0.05, 0.1) is 15.6 Å². The largest absolute Gasteiger partial charge is 0.324 e. The zero-order chi connectivity index (χ0) is 24.1. The smallest absolute Gasteiger partial charge is 0.269 e. The molecule has 0 saturated carbocycles. The molecule has 0 saturated heterocycles. The van der Waals surface area contributed by atoms with Crippen molar-refractivity contribution in [3.63, 3.8) is 0 Å². The Balaban J connectivity index is 1.41. The third kappa shape index (κ3) is 5.28. The second-order valence-electron chi connectivity index (χ2n) is 7.16. The third-order valence-electron chi connectivity index (χ3n) is 4.85. The van der Waals surface area contributed by atoms with E-state index in [1.54, 1.807) is 42.5 Å². The highest BCUT2D eigenvalue weighted by Gasteiger charge is 2.18. The lowest BCUT2D eigenvalue weighted by Gasteiger charge is -2.11. The standard InChI is InChI=1S/C24H19ClN4O4S/c25-21-8-1-2-9-22(21)28-34(32,33)20-7-5-6-18(16-20)24(31)27-26-23(30)17-10-12-19(13-11-17)29-14-3-4-15-29/h1-16,28H,(H,26,30)(H,27,31). The number of benzene rings is 3. The lowest BCUT2D eigenvalue weighted by Crippen LogP contribution is -2.41. The first-order chi connectivity index (χ1) is 16.3. The van der Waals surface area contributed by atoms with Crippen LogP contribution in [0.15, 0.2) is 102 Å². The molecule has 1 heterocycles. The van der Waals surface area contributed by atoms with E-state index in [-0.39, 0.29) is 21.2 Å². The maximum atomic E-state index is 12.7. The van der Waals surface area contributed by atoms with E-state index in [4.69, 9.17) is 11.6 Å². The molecule has 0 aliphatic carbocycles. The minimum absolute atomic E-state index is 0.0466. The summed E-state index contributed by atoms with van der Waals surface area (Å²) in [4.78, 5) is 24.8. The van der Waals surface area contributed by atoms with Crippen LogP contribution in [-0.2, 0) is 10.0 Å². The van der Waals surface area contributed by atoms with E-state index in [1.807, 2.05) is 29.1 Å². The fourth-order valence-electron chi connectivity index (χ4n) is 3.10. The number of amides is 2. The number of hydrazine groups is 1. The van der Waals surface area contributed by atoms with E-state index in [0.29, 0.717) is 5.56 Å². The van der Waals surface area contributed by atoms with E-state index in [2.05, 4.69) is 15.6 Å². The van der Waals surface area contributed by atoms with Gasteiger partial charge in [-0.15, -0.1) is 0 Å². The summed E-state index contributed by atoms with van der Waals surface area (Å²) in [5.74, 6) is -1.19. The Morgan fingerprint density at radius 2 is 1.38 bits per heavy atom. The second kappa shape index (κ2) is 9.82. The molecule has 8 nitrogen and oxygen atoms in total. The van der Waals surface area contributed by atoms with Gasteiger partial charge in [-0.05, 0) is 66.7 Å². The van der Waals surface area contributed by atoms with Gasteiger partial charge in [-0.1, -0.05) is 29.8 Å². The number of anilines is 1. The second-order valence-corrected chi connectivity index (χ2v) is 9.25. The summed E-state index contributed by atoms with van der Waals surface area (Å²) in [6.07, 6.45) is 3.77. The average Bonchev–Trinajstić information content (AvgIpc) is 3.39. The van der Waals surface area contributed by atoms with Gasteiger partial charge in [-0.3, -0.25) is 25.2 Å². The summed E-state index contributed by atoms with van der Waals surface area (Å²) in [5, 5.41) is 0.240. The van der Waals surface area contributed by atoms with E-state index in [0.717, 1.165) is 5.69 Å². The van der Waals surface area contributed by atoms with Crippen LogP contribution in [0.5, 0.6) is 0 Å². The maximum absolute atomic E-state index is 12.7. The summed E-state index contributed by atoms with van der Waals surface area (Å²) in [7, 11) is -3.99. The molecule has 0 atom stereocenters. The summed E-state index contributed by atoms with van der Waals surface area (Å²) in [5.41, 5.74) is 6.12. The minimum atomic E-state index is -3.99. The molecular weight excluding hydrogens is 476 g/mol. The van der Waals surface area contributed by atoms with Crippen LogP contribution in [0.2, 0.25) is 5.02 Å². The van der Waals surface area contributed by atoms with Crippen molar-refractivity contribution in [2.24, 2.45) is 0 Å². The third-order valence-corrected chi connectivity index (χ3v) is 6.54. The fourth-order valence-corrected chi connectivity index (χ4v) is 4.47. The predicted octanol–water partition coefficient (Wildman–Crippen LogP) is 4.01. The van der Waals surface area contributed by atoms with Gasteiger partial charge in [0.25, 0.3) is 21.8 Å². The highest BCUT2D eigenvalue weighted by atomic mass is 35.5. The van der Waals surface area contributed by atoms with Gasteiger partial charge in [0.15, 0.2) is 0 Å². The Morgan fingerprint density at radius 3 is 2.06 bits per heavy atom. The quantitative estimate of drug-likeness (QED) is 0.352. The van der Waals surface area contributed by atoms with E-state index >= 15 is 0 Å². The number of hydrogen-bond donors (Lipinski definition) is 3. The van der Waals surface area contributed by atoms with Gasteiger partial charge in [-0.2, -0.15) is 0 Å². The molecule has 3 N–H and O–H groups in total. The Hall–Kier alpha value is -4.08. The molecule has 34 heavy (non-hydrogen) atoms. The van der Waals surface area contributed by atoms with Crippen LogP contribution in [-0.4, -0.2) is 24.8 Å². The molecule has 10 heteroatoms. The van der Waals surface area contributed by atoms with Crippen LogP contribution in [0.3, 0.4) is 0 Å². The predicted molar refractivity (Wildman–Crippen MR) is 129 cm³/mol. The Labute approximate surface area is 201 Å². The number of carbonyl (C=O) groups is 2. The lowest BCUT2D eigenvalue weighted by molar-refractivity contribution is 0.0846. The molecule has 0 fully saturated rings. The molecule has 2 amide bonds. The van der Waals surface area contributed by atoms with Crippen molar-refractivity contribution in [2.45, 2.75) is 4.90 Å². The SMILES string of the molecule is O=C(NNC(=O)c1cccc(S(=O)(=O)Nc2ccccc2Cl)c1)c1ccc(-n2cccc2)cc1. The first-order valence-electron chi connectivity index (χ1n) is 10.0. The van der Waals surface area contributed by atoms with Crippen molar-refractivity contribution >= 4 is 39.1 Å². The van der Waals surface area contributed by atoms with Crippen LogP contribution in [0.1, 0.15) is 20.7 Å². The van der Waals surface area contributed by atoms with Crippen molar-refractivity contribution in [1.82, 2.24) is 15.4 Å². The molecule has 4 aromatic rings. The Bertz CT molecular complexity index is 1440. The van der Waals surface area contributed by atoms with Gasteiger partial charge in [0.2, 0.25) is 0 Å². The van der Waals surface area contributed by atoms with E-state index < -0.39 is 21.8 Å². The van der Waals surface area contributed by atoms with E-state index in [1.165, 1.54) is 30.3 Å². The Morgan fingerprint density at radius 1 is 0.735 bits per heavy atom. The highest BCUT2D eigenvalue weighted by Crippen LogP contribution is 2.24. The number of nitrogens with zero attached hydrogens (tertiary/aromatic N) is 1. The first kappa shape index (κ1) is 23.1. The number of para-hydroxylation sites is 1. The van der Waals surface area contributed by atoms with Crippen LogP contribution >= 0.6 is 11.6 Å². The van der Waals surface area contributed by atoms with Gasteiger partial charge in [0, 0.05) is 29.2 Å². The number of nitrogens with one attached hydrogen (secondary N) is 3.